The Balaban J connectivity index is 2.64. The van der Waals surface area contributed by atoms with Gasteiger partial charge in [0.1, 0.15) is 0 Å². The second-order valence-corrected chi connectivity index (χ2v) is 3.87. The predicted molar refractivity (Wildman–Crippen MR) is 56.5 cm³/mol. The van der Waals surface area contributed by atoms with Crippen molar-refractivity contribution in [1.29, 1.82) is 0 Å². The fraction of sp³-hybridized carbons (Fsp3) is 0.900. The Morgan fingerprint density at radius 2 is 2.29 bits per heavy atom. The van der Waals surface area contributed by atoms with E-state index in [0.29, 0.717) is 13.0 Å². The van der Waals surface area contributed by atoms with Crippen molar-refractivity contribution in [3.8, 4) is 0 Å². The highest BCUT2D eigenvalue weighted by molar-refractivity contribution is 5.76. The molecular formula is C10H21N3O. The van der Waals surface area contributed by atoms with Gasteiger partial charge in [0.2, 0.25) is 5.91 Å². The minimum atomic E-state index is 0.249. The number of hydrazine groups is 1. The minimum Gasteiger partial charge on any atom is -0.329 e. The van der Waals surface area contributed by atoms with Gasteiger partial charge in [-0.3, -0.25) is 9.80 Å². The van der Waals surface area contributed by atoms with Gasteiger partial charge in [0.25, 0.3) is 0 Å². The molecule has 1 amide bonds. The van der Waals surface area contributed by atoms with Crippen LogP contribution >= 0.6 is 0 Å². The molecule has 0 aromatic rings. The Morgan fingerprint density at radius 3 is 2.86 bits per heavy atom. The number of hydrogen-bond donors (Lipinski definition) is 1. The SMILES string of the molecule is CCCN1C(=O)CCCN1C(C)CN. The van der Waals surface area contributed by atoms with Gasteiger partial charge in [-0.1, -0.05) is 6.92 Å². The molecule has 14 heavy (non-hydrogen) atoms. The second kappa shape index (κ2) is 5.32. The summed E-state index contributed by atoms with van der Waals surface area (Å²) in [6.07, 6.45) is 2.65. The number of amides is 1. The average Bonchev–Trinajstić information content (AvgIpc) is 2.20. The molecule has 0 radical (unpaired) electrons. The van der Waals surface area contributed by atoms with Crippen LogP contribution in [0, 0.1) is 0 Å². The molecule has 1 fully saturated rings. The van der Waals surface area contributed by atoms with Crippen molar-refractivity contribution in [3.63, 3.8) is 0 Å². The van der Waals surface area contributed by atoms with Crippen LogP contribution in [0.4, 0.5) is 0 Å². The van der Waals surface area contributed by atoms with Gasteiger partial charge < -0.3 is 5.73 Å². The summed E-state index contributed by atoms with van der Waals surface area (Å²) in [6, 6.07) is 0.269. The third-order valence-electron chi connectivity index (χ3n) is 2.66. The van der Waals surface area contributed by atoms with E-state index >= 15 is 0 Å². The predicted octanol–water partition coefficient (Wildman–Crippen LogP) is 0.583. The summed E-state index contributed by atoms with van der Waals surface area (Å²) in [7, 11) is 0. The Hall–Kier alpha value is -0.610. The summed E-state index contributed by atoms with van der Waals surface area (Å²) in [5, 5.41) is 4.00. The molecule has 0 aromatic carbocycles. The van der Waals surface area contributed by atoms with Gasteiger partial charge in [0.15, 0.2) is 0 Å². The molecule has 0 spiro atoms. The molecule has 2 N–H and O–H groups in total. The zero-order chi connectivity index (χ0) is 10.6. The topological polar surface area (TPSA) is 49.6 Å². The van der Waals surface area contributed by atoms with E-state index in [2.05, 4.69) is 18.9 Å². The molecule has 4 heteroatoms. The molecule has 1 aliphatic rings. The summed E-state index contributed by atoms with van der Waals surface area (Å²) in [5.74, 6) is 0.249. The lowest BCUT2D eigenvalue weighted by Gasteiger charge is -2.41. The smallest absolute Gasteiger partial charge is 0.236 e. The Labute approximate surface area is 86.0 Å². The van der Waals surface area contributed by atoms with Gasteiger partial charge in [-0.25, -0.2) is 5.01 Å². The number of nitrogens with zero attached hydrogens (tertiary/aromatic N) is 2. The van der Waals surface area contributed by atoms with E-state index in [0.717, 1.165) is 25.9 Å². The van der Waals surface area contributed by atoms with E-state index in [-0.39, 0.29) is 11.9 Å². The average molecular weight is 199 g/mol. The molecule has 1 saturated heterocycles. The summed E-state index contributed by atoms with van der Waals surface area (Å²) >= 11 is 0. The largest absolute Gasteiger partial charge is 0.329 e. The van der Waals surface area contributed by atoms with Crippen LogP contribution in [0.2, 0.25) is 0 Å². The molecule has 1 aliphatic heterocycles. The Morgan fingerprint density at radius 1 is 1.57 bits per heavy atom. The van der Waals surface area contributed by atoms with E-state index in [9.17, 15) is 4.79 Å². The van der Waals surface area contributed by atoms with Crippen LogP contribution in [0.1, 0.15) is 33.1 Å². The Kier molecular flexibility index (Phi) is 4.35. The van der Waals surface area contributed by atoms with E-state index < -0.39 is 0 Å². The highest BCUT2D eigenvalue weighted by Crippen LogP contribution is 2.15. The molecule has 1 atom stereocenters. The van der Waals surface area contributed by atoms with Crippen LogP contribution in [0.3, 0.4) is 0 Å². The quantitative estimate of drug-likeness (QED) is 0.720. The monoisotopic (exact) mass is 199 g/mol. The van der Waals surface area contributed by atoms with Gasteiger partial charge in [-0.05, 0) is 19.8 Å². The number of rotatable bonds is 4. The standard InChI is InChI=1S/C10H21N3O/c1-3-6-13-10(14)5-4-7-12(13)9(2)8-11/h9H,3-8,11H2,1-2H3. The second-order valence-electron chi connectivity index (χ2n) is 3.87. The summed E-state index contributed by atoms with van der Waals surface area (Å²) in [4.78, 5) is 11.7. The fourth-order valence-electron chi connectivity index (χ4n) is 1.83. The fourth-order valence-corrected chi connectivity index (χ4v) is 1.83. The molecule has 4 nitrogen and oxygen atoms in total. The Bertz CT molecular complexity index is 196. The van der Waals surface area contributed by atoms with Crippen LogP contribution < -0.4 is 5.73 Å². The number of carbonyl (C=O) groups excluding carboxylic acids is 1. The van der Waals surface area contributed by atoms with Gasteiger partial charge in [0.05, 0.1) is 0 Å². The van der Waals surface area contributed by atoms with Crippen molar-refractivity contribution in [3.05, 3.63) is 0 Å². The molecule has 1 unspecified atom stereocenters. The van der Waals surface area contributed by atoms with Gasteiger partial charge in [-0.15, -0.1) is 0 Å². The molecule has 1 heterocycles. The third kappa shape index (κ3) is 2.45. The zero-order valence-electron chi connectivity index (χ0n) is 9.20. The highest BCUT2D eigenvalue weighted by atomic mass is 16.2. The molecule has 82 valence electrons. The van der Waals surface area contributed by atoms with E-state index in [1.165, 1.54) is 0 Å². The van der Waals surface area contributed by atoms with Crippen LogP contribution in [0.15, 0.2) is 0 Å². The first-order chi connectivity index (χ1) is 6.70. The van der Waals surface area contributed by atoms with Crippen LogP contribution in [-0.4, -0.2) is 41.6 Å². The third-order valence-corrected chi connectivity index (χ3v) is 2.66. The van der Waals surface area contributed by atoms with E-state index in [1.807, 2.05) is 5.01 Å². The maximum absolute atomic E-state index is 11.7. The van der Waals surface area contributed by atoms with Gasteiger partial charge in [-0.2, -0.15) is 0 Å². The number of hydrogen-bond acceptors (Lipinski definition) is 3. The first-order valence-electron chi connectivity index (χ1n) is 5.47. The van der Waals surface area contributed by atoms with Crippen LogP contribution in [-0.2, 0) is 4.79 Å². The van der Waals surface area contributed by atoms with E-state index in [1.54, 1.807) is 0 Å². The lowest BCUT2D eigenvalue weighted by Crippen LogP contribution is -2.56. The number of carbonyl (C=O) groups is 1. The van der Waals surface area contributed by atoms with Crippen LogP contribution in [0.5, 0.6) is 0 Å². The van der Waals surface area contributed by atoms with Crippen LogP contribution in [0.25, 0.3) is 0 Å². The summed E-state index contributed by atoms with van der Waals surface area (Å²) in [5.41, 5.74) is 5.63. The maximum atomic E-state index is 11.7. The van der Waals surface area contributed by atoms with Gasteiger partial charge >= 0.3 is 0 Å². The lowest BCUT2D eigenvalue weighted by atomic mass is 10.2. The molecule has 0 saturated carbocycles. The first kappa shape index (κ1) is 11.5. The molecule has 0 aromatic heterocycles. The maximum Gasteiger partial charge on any atom is 0.236 e. The molecule has 1 rings (SSSR count). The lowest BCUT2D eigenvalue weighted by molar-refractivity contribution is -0.160. The van der Waals surface area contributed by atoms with Crippen molar-refractivity contribution < 1.29 is 4.79 Å². The molecule has 0 bridgehead atoms. The normalized spacial score (nSPS) is 21.4. The van der Waals surface area contributed by atoms with Crippen molar-refractivity contribution in [2.75, 3.05) is 19.6 Å². The minimum absolute atomic E-state index is 0.249. The van der Waals surface area contributed by atoms with Crippen molar-refractivity contribution in [2.24, 2.45) is 5.73 Å². The molecule has 0 aliphatic carbocycles. The highest BCUT2D eigenvalue weighted by Gasteiger charge is 2.27. The van der Waals surface area contributed by atoms with Crippen molar-refractivity contribution >= 4 is 5.91 Å². The van der Waals surface area contributed by atoms with Crippen molar-refractivity contribution in [2.45, 2.75) is 39.2 Å². The van der Waals surface area contributed by atoms with E-state index in [4.69, 9.17) is 5.73 Å². The van der Waals surface area contributed by atoms with Crippen molar-refractivity contribution in [1.82, 2.24) is 10.0 Å². The molecular weight excluding hydrogens is 178 g/mol. The van der Waals surface area contributed by atoms with Gasteiger partial charge in [0, 0.05) is 32.1 Å². The zero-order valence-corrected chi connectivity index (χ0v) is 9.20. The first-order valence-corrected chi connectivity index (χ1v) is 5.47. The number of nitrogens with two attached hydrogens (primary N) is 1. The summed E-state index contributed by atoms with van der Waals surface area (Å²) < 4.78 is 0. The summed E-state index contributed by atoms with van der Waals surface area (Å²) in [6.45, 7) is 6.55.